The number of hydrogen-bond donors (Lipinski definition) is 1. The van der Waals surface area contributed by atoms with E-state index in [9.17, 15) is 4.79 Å². The van der Waals surface area contributed by atoms with Gasteiger partial charge in [0.25, 0.3) is 5.91 Å². The summed E-state index contributed by atoms with van der Waals surface area (Å²) in [5.74, 6) is 1.11. The molecule has 0 aliphatic carbocycles. The highest BCUT2D eigenvalue weighted by atomic mass is 16.7. The van der Waals surface area contributed by atoms with Crippen LogP contribution in [0.1, 0.15) is 15.9 Å². The standard InChI is InChI=1S/C19H20N2O4/c22-19(15-3-6-17-18(11-15)25-13-24-17)20-16-4-1-14(2-5-16)12-21-7-9-23-10-8-21/h1-6,11H,7-10,12-13H2,(H,20,22). The van der Waals surface area contributed by atoms with Gasteiger partial charge in [-0.15, -0.1) is 0 Å². The van der Waals surface area contributed by atoms with Crippen molar-refractivity contribution >= 4 is 11.6 Å². The Labute approximate surface area is 146 Å². The minimum Gasteiger partial charge on any atom is -0.454 e. The van der Waals surface area contributed by atoms with Gasteiger partial charge in [-0.3, -0.25) is 9.69 Å². The zero-order valence-electron chi connectivity index (χ0n) is 13.9. The van der Waals surface area contributed by atoms with Gasteiger partial charge in [0.05, 0.1) is 13.2 Å². The van der Waals surface area contributed by atoms with E-state index < -0.39 is 0 Å². The molecule has 0 aromatic heterocycles. The molecule has 6 heteroatoms. The molecule has 0 bridgehead atoms. The first-order valence-corrected chi connectivity index (χ1v) is 8.38. The molecular formula is C19H20N2O4. The Hall–Kier alpha value is -2.57. The second-order valence-corrected chi connectivity index (χ2v) is 6.11. The molecule has 0 saturated carbocycles. The fourth-order valence-electron chi connectivity index (χ4n) is 2.95. The first kappa shape index (κ1) is 15.9. The molecule has 4 rings (SSSR count). The number of hydrogen-bond acceptors (Lipinski definition) is 5. The van der Waals surface area contributed by atoms with E-state index in [1.165, 1.54) is 5.56 Å². The number of anilines is 1. The summed E-state index contributed by atoms with van der Waals surface area (Å²) < 4.78 is 15.9. The van der Waals surface area contributed by atoms with E-state index in [4.69, 9.17) is 14.2 Å². The van der Waals surface area contributed by atoms with Gasteiger partial charge in [0.15, 0.2) is 11.5 Å². The first-order valence-electron chi connectivity index (χ1n) is 8.38. The fraction of sp³-hybridized carbons (Fsp3) is 0.316. The van der Waals surface area contributed by atoms with Crippen molar-refractivity contribution in [2.45, 2.75) is 6.54 Å². The van der Waals surface area contributed by atoms with Gasteiger partial charge < -0.3 is 19.5 Å². The number of morpholine rings is 1. The maximum Gasteiger partial charge on any atom is 0.255 e. The van der Waals surface area contributed by atoms with Crippen molar-refractivity contribution in [3.05, 3.63) is 53.6 Å². The van der Waals surface area contributed by atoms with E-state index >= 15 is 0 Å². The Morgan fingerprint density at radius 1 is 1.00 bits per heavy atom. The lowest BCUT2D eigenvalue weighted by Gasteiger charge is -2.26. The van der Waals surface area contributed by atoms with Crippen molar-refractivity contribution in [3.63, 3.8) is 0 Å². The van der Waals surface area contributed by atoms with E-state index in [1.807, 2.05) is 24.3 Å². The SMILES string of the molecule is O=C(Nc1ccc(CN2CCOCC2)cc1)c1ccc2c(c1)OCO2. The van der Waals surface area contributed by atoms with Crippen molar-refractivity contribution < 1.29 is 19.0 Å². The highest BCUT2D eigenvalue weighted by Crippen LogP contribution is 2.32. The molecule has 1 saturated heterocycles. The third-order valence-electron chi connectivity index (χ3n) is 4.36. The van der Waals surface area contributed by atoms with Crippen LogP contribution in [0.4, 0.5) is 5.69 Å². The van der Waals surface area contributed by atoms with E-state index in [-0.39, 0.29) is 12.7 Å². The van der Waals surface area contributed by atoms with Gasteiger partial charge in [0.2, 0.25) is 6.79 Å². The second-order valence-electron chi connectivity index (χ2n) is 6.11. The number of carbonyl (C=O) groups excluding carboxylic acids is 1. The molecule has 0 unspecified atom stereocenters. The largest absolute Gasteiger partial charge is 0.454 e. The molecule has 0 radical (unpaired) electrons. The molecule has 25 heavy (non-hydrogen) atoms. The van der Waals surface area contributed by atoms with Gasteiger partial charge in [-0.05, 0) is 35.9 Å². The third-order valence-corrected chi connectivity index (χ3v) is 4.36. The van der Waals surface area contributed by atoms with Crippen LogP contribution in [0.3, 0.4) is 0 Å². The monoisotopic (exact) mass is 340 g/mol. The quantitative estimate of drug-likeness (QED) is 0.927. The Bertz CT molecular complexity index is 755. The topological polar surface area (TPSA) is 60.0 Å². The Morgan fingerprint density at radius 3 is 2.56 bits per heavy atom. The Morgan fingerprint density at radius 2 is 1.76 bits per heavy atom. The highest BCUT2D eigenvalue weighted by molar-refractivity contribution is 6.04. The molecule has 1 fully saturated rings. The van der Waals surface area contributed by atoms with Crippen molar-refractivity contribution in [1.29, 1.82) is 0 Å². The summed E-state index contributed by atoms with van der Waals surface area (Å²) in [6, 6.07) is 13.1. The zero-order valence-corrected chi connectivity index (χ0v) is 13.9. The average Bonchev–Trinajstić information content (AvgIpc) is 3.12. The number of amides is 1. The number of nitrogens with zero attached hydrogens (tertiary/aromatic N) is 1. The first-order chi connectivity index (χ1) is 12.3. The van der Waals surface area contributed by atoms with E-state index in [0.29, 0.717) is 17.1 Å². The third kappa shape index (κ3) is 3.75. The Kier molecular flexibility index (Phi) is 4.54. The number of nitrogens with one attached hydrogen (secondary N) is 1. The molecule has 2 aliphatic heterocycles. The molecular weight excluding hydrogens is 320 g/mol. The van der Waals surface area contributed by atoms with Crippen LogP contribution in [0.25, 0.3) is 0 Å². The van der Waals surface area contributed by atoms with Crippen molar-refractivity contribution in [2.24, 2.45) is 0 Å². The number of benzene rings is 2. The van der Waals surface area contributed by atoms with Crippen LogP contribution in [0.2, 0.25) is 0 Å². The minimum absolute atomic E-state index is 0.167. The van der Waals surface area contributed by atoms with Crippen LogP contribution in [-0.4, -0.2) is 43.9 Å². The summed E-state index contributed by atoms with van der Waals surface area (Å²) in [6.07, 6.45) is 0. The van der Waals surface area contributed by atoms with Crippen LogP contribution in [0.15, 0.2) is 42.5 Å². The lowest BCUT2D eigenvalue weighted by Crippen LogP contribution is -2.35. The molecule has 0 spiro atoms. The molecule has 0 atom stereocenters. The van der Waals surface area contributed by atoms with Crippen LogP contribution in [0.5, 0.6) is 11.5 Å². The van der Waals surface area contributed by atoms with Crippen molar-refractivity contribution in [1.82, 2.24) is 4.90 Å². The van der Waals surface area contributed by atoms with Crippen molar-refractivity contribution in [3.8, 4) is 11.5 Å². The molecule has 2 aromatic carbocycles. The van der Waals surface area contributed by atoms with Gasteiger partial charge >= 0.3 is 0 Å². The molecule has 1 N–H and O–H groups in total. The lowest BCUT2D eigenvalue weighted by molar-refractivity contribution is 0.0342. The maximum absolute atomic E-state index is 12.4. The van der Waals surface area contributed by atoms with Crippen molar-refractivity contribution in [2.75, 3.05) is 38.4 Å². The summed E-state index contributed by atoms with van der Waals surface area (Å²) in [7, 11) is 0. The van der Waals surface area contributed by atoms with Gasteiger partial charge in [0.1, 0.15) is 0 Å². The summed E-state index contributed by atoms with van der Waals surface area (Å²) >= 11 is 0. The van der Waals surface area contributed by atoms with Crippen LogP contribution >= 0.6 is 0 Å². The predicted octanol–water partition coefficient (Wildman–Crippen LogP) is 2.50. The van der Waals surface area contributed by atoms with Crippen LogP contribution < -0.4 is 14.8 Å². The lowest BCUT2D eigenvalue weighted by atomic mass is 10.1. The van der Waals surface area contributed by atoms with Gasteiger partial charge in [-0.2, -0.15) is 0 Å². The average molecular weight is 340 g/mol. The molecule has 6 nitrogen and oxygen atoms in total. The summed E-state index contributed by atoms with van der Waals surface area (Å²) in [5, 5.41) is 2.91. The number of carbonyl (C=O) groups is 1. The van der Waals surface area contributed by atoms with E-state index in [2.05, 4.69) is 10.2 Å². The summed E-state index contributed by atoms with van der Waals surface area (Å²) in [6.45, 7) is 4.61. The molecule has 2 aliphatic rings. The van der Waals surface area contributed by atoms with E-state index in [0.717, 1.165) is 38.5 Å². The van der Waals surface area contributed by atoms with Gasteiger partial charge in [0, 0.05) is 30.9 Å². The number of rotatable bonds is 4. The smallest absolute Gasteiger partial charge is 0.255 e. The second kappa shape index (κ2) is 7.13. The minimum atomic E-state index is -0.167. The molecule has 1 amide bonds. The summed E-state index contributed by atoms with van der Waals surface area (Å²) in [4.78, 5) is 14.8. The Balaban J connectivity index is 1.38. The van der Waals surface area contributed by atoms with Crippen LogP contribution in [0, 0.1) is 0 Å². The van der Waals surface area contributed by atoms with E-state index in [1.54, 1.807) is 18.2 Å². The normalized spacial score (nSPS) is 16.6. The summed E-state index contributed by atoms with van der Waals surface area (Å²) in [5.41, 5.74) is 2.54. The fourth-order valence-corrected chi connectivity index (χ4v) is 2.95. The maximum atomic E-state index is 12.4. The predicted molar refractivity (Wildman–Crippen MR) is 93.1 cm³/mol. The van der Waals surface area contributed by atoms with Crippen LogP contribution in [-0.2, 0) is 11.3 Å². The number of fused-ring (bicyclic) bond motifs is 1. The zero-order chi connectivity index (χ0) is 17.1. The molecule has 2 heterocycles. The molecule has 130 valence electrons. The van der Waals surface area contributed by atoms with Gasteiger partial charge in [-0.1, -0.05) is 12.1 Å². The number of ether oxygens (including phenoxy) is 3. The van der Waals surface area contributed by atoms with Gasteiger partial charge in [-0.25, -0.2) is 0 Å². The highest BCUT2D eigenvalue weighted by Gasteiger charge is 2.16. The molecule has 2 aromatic rings.